The van der Waals surface area contributed by atoms with Crippen molar-refractivity contribution in [3.05, 3.63) is 151 Å². The van der Waals surface area contributed by atoms with Crippen molar-refractivity contribution in [1.29, 1.82) is 0 Å². The average molecular weight is 684 g/mol. The summed E-state index contributed by atoms with van der Waals surface area (Å²) in [5.41, 5.74) is 16.1. The highest BCUT2D eigenvalue weighted by molar-refractivity contribution is 6.23. The molecule has 0 saturated carbocycles. The third-order valence-corrected chi connectivity index (χ3v) is 14.1. The predicted octanol–water partition coefficient (Wildman–Crippen LogP) is 14.3. The van der Waals surface area contributed by atoms with E-state index < -0.39 is 0 Å². The van der Waals surface area contributed by atoms with Crippen LogP contribution in [0.25, 0.3) is 93.4 Å². The quantitative estimate of drug-likeness (QED) is 0.181. The molecule has 0 radical (unpaired) electrons. The smallest absolute Gasteiger partial charge is 0.136 e. The number of aromatic nitrogens is 1. The lowest BCUT2D eigenvalue weighted by molar-refractivity contribution is 0.125. The molecule has 7 aromatic carbocycles. The topological polar surface area (TPSA) is 17.6 Å². The predicted molar refractivity (Wildman–Crippen MR) is 225 cm³/mol. The Labute approximate surface area is 309 Å². The van der Waals surface area contributed by atoms with E-state index in [0.717, 1.165) is 16.6 Å². The third-order valence-electron chi connectivity index (χ3n) is 14.1. The second-order valence-electron chi connectivity index (χ2n) is 17.0. The van der Waals surface area contributed by atoms with Gasteiger partial charge in [-0.2, -0.15) is 0 Å². The standard InChI is InChI=1S/C51H41NO/c1-49(2)41-28-39(31-23-21-30(22-24-31)33-15-12-20-46-47(33)38-14-8-10-19-45(38)53-46)40(29-42(41)50(3,4)51(49,5)6)32-25-26-35-37-17-11-16-36-34-13-7-9-18-43(34)52(48(36)37)44(35)27-32/h7-29H,1-6H3. The lowest BCUT2D eigenvalue weighted by Gasteiger charge is -2.44. The molecular formula is C51H41NO. The van der Waals surface area contributed by atoms with Crippen LogP contribution in [0, 0.1) is 5.41 Å². The van der Waals surface area contributed by atoms with Gasteiger partial charge in [-0.15, -0.1) is 0 Å². The molecule has 11 rings (SSSR count). The zero-order chi connectivity index (χ0) is 36.0. The first kappa shape index (κ1) is 30.7. The van der Waals surface area contributed by atoms with Gasteiger partial charge in [0.1, 0.15) is 11.2 Å². The molecule has 256 valence electrons. The largest absolute Gasteiger partial charge is 0.456 e. The number of fused-ring (bicyclic) bond motifs is 10. The molecule has 0 N–H and O–H groups in total. The van der Waals surface area contributed by atoms with Crippen LogP contribution in [-0.2, 0) is 10.8 Å². The lowest BCUT2D eigenvalue weighted by atomic mass is 9.59. The minimum Gasteiger partial charge on any atom is -0.456 e. The summed E-state index contributed by atoms with van der Waals surface area (Å²) in [5, 5.41) is 7.57. The van der Waals surface area contributed by atoms with Crippen molar-refractivity contribution >= 4 is 60.0 Å². The van der Waals surface area contributed by atoms with E-state index in [1.165, 1.54) is 88.0 Å². The Morgan fingerprint density at radius 3 is 1.66 bits per heavy atom. The van der Waals surface area contributed by atoms with Crippen LogP contribution in [0.4, 0.5) is 0 Å². The van der Waals surface area contributed by atoms with Crippen molar-refractivity contribution in [2.24, 2.45) is 5.41 Å². The van der Waals surface area contributed by atoms with E-state index in [4.69, 9.17) is 4.42 Å². The molecule has 10 aromatic rings. The molecule has 2 heteroatoms. The van der Waals surface area contributed by atoms with Gasteiger partial charge in [-0.25, -0.2) is 0 Å². The minimum atomic E-state index is -0.00915. The van der Waals surface area contributed by atoms with Gasteiger partial charge in [0.25, 0.3) is 0 Å². The summed E-state index contributed by atoms with van der Waals surface area (Å²) in [7, 11) is 0. The number of benzene rings is 7. The summed E-state index contributed by atoms with van der Waals surface area (Å²) < 4.78 is 8.75. The van der Waals surface area contributed by atoms with Crippen LogP contribution in [0.1, 0.15) is 52.7 Å². The highest BCUT2D eigenvalue weighted by Crippen LogP contribution is 2.62. The molecule has 0 saturated heterocycles. The summed E-state index contributed by atoms with van der Waals surface area (Å²) in [4.78, 5) is 0. The van der Waals surface area contributed by atoms with Crippen molar-refractivity contribution in [1.82, 2.24) is 4.40 Å². The van der Waals surface area contributed by atoms with E-state index in [1.807, 2.05) is 6.07 Å². The molecule has 0 atom stereocenters. The fourth-order valence-electron chi connectivity index (χ4n) is 10.0. The van der Waals surface area contributed by atoms with Gasteiger partial charge in [-0.3, -0.25) is 0 Å². The second kappa shape index (κ2) is 10.2. The molecule has 53 heavy (non-hydrogen) atoms. The van der Waals surface area contributed by atoms with E-state index in [9.17, 15) is 0 Å². The van der Waals surface area contributed by atoms with Crippen LogP contribution in [0.15, 0.2) is 144 Å². The van der Waals surface area contributed by atoms with Gasteiger partial charge in [0.05, 0.1) is 16.6 Å². The fraction of sp³-hybridized carbons (Fsp3) is 0.176. The lowest BCUT2D eigenvalue weighted by Crippen LogP contribution is -2.42. The summed E-state index contributed by atoms with van der Waals surface area (Å²) in [6.45, 7) is 14.7. The van der Waals surface area contributed by atoms with Crippen LogP contribution in [0.3, 0.4) is 0 Å². The van der Waals surface area contributed by atoms with Crippen LogP contribution < -0.4 is 0 Å². The van der Waals surface area contributed by atoms with Crippen molar-refractivity contribution < 1.29 is 4.42 Å². The molecule has 0 amide bonds. The molecule has 1 aliphatic rings. The van der Waals surface area contributed by atoms with Gasteiger partial charge in [-0.05, 0) is 97.2 Å². The maximum atomic E-state index is 6.26. The highest BCUT2D eigenvalue weighted by atomic mass is 16.3. The number of para-hydroxylation sites is 3. The van der Waals surface area contributed by atoms with Crippen LogP contribution in [0.2, 0.25) is 0 Å². The van der Waals surface area contributed by atoms with E-state index >= 15 is 0 Å². The van der Waals surface area contributed by atoms with Gasteiger partial charge in [0.2, 0.25) is 0 Å². The number of furan rings is 1. The average Bonchev–Trinajstić information content (AvgIpc) is 3.86. The zero-order valence-corrected chi connectivity index (χ0v) is 31.1. The van der Waals surface area contributed by atoms with Gasteiger partial charge in [0.15, 0.2) is 0 Å². The zero-order valence-electron chi connectivity index (χ0n) is 31.1. The SMILES string of the molecule is CC1(C)c2cc(-c3ccc(-c4cccc5oc6ccccc6c45)cc3)c(-c3ccc4c5cccc6c7ccccc7n(c4c3)c65)cc2C(C)(C)C1(C)C. The Morgan fingerprint density at radius 2 is 0.943 bits per heavy atom. The van der Waals surface area contributed by atoms with Crippen molar-refractivity contribution in [2.75, 3.05) is 0 Å². The molecule has 3 aromatic heterocycles. The first-order valence-corrected chi connectivity index (χ1v) is 18.9. The van der Waals surface area contributed by atoms with E-state index in [2.05, 4.69) is 179 Å². The number of nitrogens with zero attached hydrogens (tertiary/aromatic N) is 1. The normalized spacial score (nSPS) is 16.2. The summed E-state index contributed by atoms with van der Waals surface area (Å²) in [5.74, 6) is 0. The molecule has 0 aliphatic heterocycles. The monoisotopic (exact) mass is 683 g/mol. The number of hydrogen-bond acceptors (Lipinski definition) is 1. The molecule has 0 bridgehead atoms. The Hall–Kier alpha value is -5.86. The first-order chi connectivity index (χ1) is 25.6. The summed E-state index contributed by atoms with van der Waals surface area (Å²) in [6.07, 6.45) is 0. The maximum Gasteiger partial charge on any atom is 0.136 e. The summed E-state index contributed by atoms with van der Waals surface area (Å²) >= 11 is 0. The fourth-order valence-corrected chi connectivity index (χ4v) is 10.0. The minimum absolute atomic E-state index is 0.00766. The molecule has 0 spiro atoms. The molecule has 2 nitrogen and oxygen atoms in total. The van der Waals surface area contributed by atoms with Crippen molar-refractivity contribution in [3.63, 3.8) is 0 Å². The Balaban J connectivity index is 1.15. The van der Waals surface area contributed by atoms with E-state index in [-0.39, 0.29) is 16.2 Å². The molecule has 1 aliphatic carbocycles. The number of rotatable bonds is 3. The third kappa shape index (κ3) is 3.83. The van der Waals surface area contributed by atoms with Gasteiger partial charge in [-0.1, -0.05) is 145 Å². The van der Waals surface area contributed by atoms with Crippen molar-refractivity contribution in [2.45, 2.75) is 52.4 Å². The van der Waals surface area contributed by atoms with E-state index in [0.29, 0.717) is 0 Å². The Morgan fingerprint density at radius 1 is 0.415 bits per heavy atom. The van der Waals surface area contributed by atoms with Gasteiger partial charge < -0.3 is 8.82 Å². The Bertz CT molecular complexity index is 3130. The molecule has 0 fully saturated rings. The van der Waals surface area contributed by atoms with Crippen molar-refractivity contribution in [3.8, 4) is 33.4 Å². The molecule has 0 unspecified atom stereocenters. The summed E-state index contributed by atoms with van der Waals surface area (Å²) in [6, 6.07) is 51.8. The van der Waals surface area contributed by atoms with Gasteiger partial charge >= 0.3 is 0 Å². The highest BCUT2D eigenvalue weighted by Gasteiger charge is 2.57. The second-order valence-corrected chi connectivity index (χ2v) is 17.0. The number of hydrogen-bond donors (Lipinski definition) is 0. The first-order valence-electron chi connectivity index (χ1n) is 18.9. The van der Waals surface area contributed by atoms with Gasteiger partial charge in [0, 0.05) is 32.3 Å². The Kier molecular flexibility index (Phi) is 5.90. The van der Waals surface area contributed by atoms with Crippen LogP contribution in [-0.4, -0.2) is 4.40 Å². The van der Waals surface area contributed by atoms with E-state index in [1.54, 1.807) is 0 Å². The maximum absolute atomic E-state index is 6.26. The van der Waals surface area contributed by atoms with Crippen LogP contribution >= 0.6 is 0 Å². The molecular weight excluding hydrogens is 643 g/mol. The molecule has 3 heterocycles. The van der Waals surface area contributed by atoms with Crippen LogP contribution in [0.5, 0.6) is 0 Å².